The predicted octanol–water partition coefficient (Wildman–Crippen LogP) is 4.48. The Morgan fingerprint density at radius 1 is 1.15 bits per heavy atom. The van der Waals surface area contributed by atoms with Gasteiger partial charge in [0.05, 0.1) is 13.2 Å². The Balaban J connectivity index is 1.91. The molecule has 1 unspecified atom stereocenters. The highest BCUT2D eigenvalue weighted by Gasteiger charge is 2.11. The van der Waals surface area contributed by atoms with Crippen LogP contribution in [0.5, 0.6) is 11.5 Å². The summed E-state index contributed by atoms with van der Waals surface area (Å²) in [7, 11) is 0. The van der Waals surface area contributed by atoms with Crippen molar-refractivity contribution in [3.63, 3.8) is 0 Å². The number of anilines is 1. The van der Waals surface area contributed by atoms with E-state index in [0.717, 1.165) is 49.3 Å². The highest BCUT2D eigenvalue weighted by Crippen LogP contribution is 2.32. The molecule has 0 saturated carbocycles. The van der Waals surface area contributed by atoms with Gasteiger partial charge >= 0.3 is 0 Å². The summed E-state index contributed by atoms with van der Waals surface area (Å²) >= 11 is 0. The Morgan fingerprint density at radius 3 is 2.70 bits per heavy atom. The first-order chi connectivity index (χ1) is 9.83. The molecule has 1 atom stereocenters. The van der Waals surface area contributed by atoms with Gasteiger partial charge in [-0.2, -0.15) is 0 Å². The molecule has 20 heavy (non-hydrogen) atoms. The van der Waals surface area contributed by atoms with E-state index < -0.39 is 0 Å². The van der Waals surface area contributed by atoms with Gasteiger partial charge in [0, 0.05) is 24.7 Å². The van der Waals surface area contributed by atoms with Gasteiger partial charge in [0.15, 0.2) is 11.5 Å². The summed E-state index contributed by atoms with van der Waals surface area (Å²) in [5.41, 5.74) is 1.13. The molecule has 0 bridgehead atoms. The average Bonchev–Trinajstić information content (AvgIpc) is 2.72. The molecule has 112 valence electrons. The number of ether oxygens (including phenoxy) is 2. The summed E-state index contributed by atoms with van der Waals surface area (Å²) in [6.07, 6.45) is 6.09. The number of hydrogen-bond acceptors (Lipinski definition) is 3. The number of nitrogens with one attached hydrogen (secondary N) is 1. The van der Waals surface area contributed by atoms with Crippen molar-refractivity contribution in [3.05, 3.63) is 18.2 Å². The maximum Gasteiger partial charge on any atom is 0.163 e. The maximum absolute atomic E-state index is 5.72. The fourth-order valence-electron chi connectivity index (χ4n) is 2.48. The SMILES string of the molecule is CCCCC(CC)CNc1ccc2c(c1)OCCCO2. The summed E-state index contributed by atoms with van der Waals surface area (Å²) in [5.74, 6) is 2.49. The van der Waals surface area contributed by atoms with Crippen LogP contribution >= 0.6 is 0 Å². The first-order valence-corrected chi connectivity index (χ1v) is 7.97. The standard InChI is InChI=1S/C17H27NO2/c1-3-5-7-14(4-2)13-18-15-8-9-16-17(12-15)20-11-6-10-19-16/h8-9,12,14,18H,3-7,10-11,13H2,1-2H3. The second kappa shape index (κ2) is 8.03. The van der Waals surface area contributed by atoms with Crippen molar-refractivity contribution >= 4 is 5.69 Å². The predicted molar refractivity (Wildman–Crippen MR) is 83.8 cm³/mol. The molecule has 3 heteroatoms. The van der Waals surface area contributed by atoms with Crippen LogP contribution in [0, 0.1) is 5.92 Å². The summed E-state index contributed by atoms with van der Waals surface area (Å²) in [5, 5.41) is 3.54. The van der Waals surface area contributed by atoms with Crippen molar-refractivity contribution in [2.24, 2.45) is 5.92 Å². The summed E-state index contributed by atoms with van der Waals surface area (Å²) < 4.78 is 11.4. The van der Waals surface area contributed by atoms with Crippen molar-refractivity contribution in [1.29, 1.82) is 0 Å². The number of hydrogen-bond donors (Lipinski definition) is 1. The van der Waals surface area contributed by atoms with Crippen LogP contribution < -0.4 is 14.8 Å². The third-order valence-corrected chi connectivity index (χ3v) is 3.89. The lowest BCUT2D eigenvalue weighted by Crippen LogP contribution is -2.13. The van der Waals surface area contributed by atoms with E-state index in [2.05, 4.69) is 31.3 Å². The molecule has 0 aromatic heterocycles. The molecule has 0 radical (unpaired) electrons. The smallest absolute Gasteiger partial charge is 0.163 e. The molecule has 0 aliphatic carbocycles. The van der Waals surface area contributed by atoms with E-state index >= 15 is 0 Å². The molecule has 3 nitrogen and oxygen atoms in total. The molecule has 0 fully saturated rings. The van der Waals surface area contributed by atoms with Gasteiger partial charge in [-0.25, -0.2) is 0 Å². The van der Waals surface area contributed by atoms with Crippen LogP contribution in [0.15, 0.2) is 18.2 Å². The Bertz CT molecular complexity index is 406. The Labute approximate surface area is 122 Å². The van der Waals surface area contributed by atoms with Crippen LogP contribution in [0.1, 0.15) is 46.0 Å². The summed E-state index contributed by atoms with van der Waals surface area (Å²) in [4.78, 5) is 0. The minimum absolute atomic E-state index is 0.741. The number of fused-ring (bicyclic) bond motifs is 1. The molecule has 1 aromatic carbocycles. The molecule has 1 N–H and O–H groups in total. The molecule has 1 aliphatic heterocycles. The van der Waals surface area contributed by atoms with Crippen molar-refractivity contribution < 1.29 is 9.47 Å². The second-order valence-corrected chi connectivity index (χ2v) is 5.51. The number of unbranched alkanes of at least 4 members (excludes halogenated alkanes) is 1. The fraction of sp³-hybridized carbons (Fsp3) is 0.647. The van der Waals surface area contributed by atoms with Gasteiger partial charge in [0.25, 0.3) is 0 Å². The van der Waals surface area contributed by atoms with Gasteiger partial charge in [-0.15, -0.1) is 0 Å². The van der Waals surface area contributed by atoms with Crippen LogP contribution in [-0.4, -0.2) is 19.8 Å². The van der Waals surface area contributed by atoms with E-state index in [1.54, 1.807) is 0 Å². The van der Waals surface area contributed by atoms with E-state index in [1.807, 2.05) is 6.07 Å². The fourth-order valence-corrected chi connectivity index (χ4v) is 2.48. The lowest BCUT2D eigenvalue weighted by atomic mass is 9.99. The molecule has 0 spiro atoms. The van der Waals surface area contributed by atoms with Crippen LogP contribution in [0.3, 0.4) is 0 Å². The lowest BCUT2D eigenvalue weighted by molar-refractivity contribution is 0.297. The summed E-state index contributed by atoms with van der Waals surface area (Å²) in [6, 6.07) is 6.16. The van der Waals surface area contributed by atoms with Crippen LogP contribution in [0.4, 0.5) is 5.69 Å². The number of benzene rings is 1. The zero-order valence-corrected chi connectivity index (χ0v) is 12.8. The van der Waals surface area contributed by atoms with Gasteiger partial charge in [-0.1, -0.05) is 33.1 Å². The Hall–Kier alpha value is -1.38. The van der Waals surface area contributed by atoms with E-state index in [1.165, 1.54) is 25.7 Å². The van der Waals surface area contributed by atoms with Crippen LogP contribution in [-0.2, 0) is 0 Å². The monoisotopic (exact) mass is 277 g/mol. The third-order valence-electron chi connectivity index (χ3n) is 3.89. The largest absolute Gasteiger partial charge is 0.490 e. The first-order valence-electron chi connectivity index (χ1n) is 7.97. The molecule has 0 amide bonds. The molecule has 1 aliphatic rings. The van der Waals surface area contributed by atoms with Crippen molar-refractivity contribution in [3.8, 4) is 11.5 Å². The molecule has 1 aromatic rings. The van der Waals surface area contributed by atoms with Crippen molar-refractivity contribution in [1.82, 2.24) is 0 Å². The minimum atomic E-state index is 0.741. The van der Waals surface area contributed by atoms with E-state index in [-0.39, 0.29) is 0 Å². The van der Waals surface area contributed by atoms with Gasteiger partial charge in [-0.3, -0.25) is 0 Å². The topological polar surface area (TPSA) is 30.5 Å². The minimum Gasteiger partial charge on any atom is -0.490 e. The molecular weight excluding hydrogens is 250 g/mol. The average molecular weight is 277 g/mol. The van der Waals surface area contributed by atoms with E-state index in [4.69, 9.17) is 9.47 Å². The van der Waals surface area contributed by atoms with Crippen LogP contribution in [0.2, 0.25) is 0 Å². The van der Waals surface area contributed by atoms with Gasteiger partial charge < -0.3 is 14.8 Å². The van der Waals surface area contributed by atoms with E-state index in [9.17, 15) is 0 Å². The Morgan fingerprint density at radius 2 is 1.95 bits per heavy atom. The molecule has 2 rings (SSSR count). The number of rotatable bonds is 7. The first kappa shape index (κ1) is 15.0. The lowest BCUT2D eigenvalue weighted by Gasteiger charge is -2.17. The van der Waals surface area contributed by atoms with Crippen molar-refractivity contribution in [2.45, 2.75) is 46.0 Å². The molecule has 0 saturated heterocycles. The quantitative estimate of drug-likeness (QED) is 0.797. The highest BCUT2D eigenvalue weighted by atomic mass is 16.5. The zero-order valence-electron chi connectivity index (χ0n) is 12.8. The zero-order chi connectivity index (χ0) is 14.2. The van der Waals surface area contributed by atoms with E-state index in [0.29, 0.717) is 0 Å². The highest BCUT2D eigenvalue weighted by molar-refractivity contribution is 5.55. The van der Waals surface area contributed by atoms with Gasteiger partial charge in [0.2, 0.25) is 0 Å². The maximum atomic E-state index is 5.72. The molecule has 1 heterocycles. The van der Waals surface area contributed by atoms with Crippen LogP contribution in [0.25, 0.3) is 0 Å². The van der Waals surface area contributed by atoms with Gasteiger partial charge in [-0.05, 0) is 24.5 Å². The Kier molecular flexibility index (Phi) is 6.03. The van der Waals surface area contributed by atoms with Crippen molar-refractivity contribution in [2.75, 3.05) is 25.1 Å². The van der Waals surface area contributed by atoms with Gasteiger partial charge in [0.1, 0.15) is 0 Å². The normalized spacial score (nSPS) is 15.5. The second-order valence-electron chi connectivity index (χ2n) is 5.51. The molecular formula is C17H27NO2. The third kappa shape index (κ3) is 4.32. The summed E-state index contributed by atoms with van der Waals surface area (Å²) in [6.45, 7) is 7.05.